The second-order valence-corrected chi connectivity index (χ2v) is 5.13. The minimum Gasteiger partial charge on any atom is -0.307 e. The zero-order valence-corrected chi connectivity index (χ0v) is 10.6. The molecule has 1 N–H and O–H groups in total. The quantitative estimate of drug-likeness (QED) is 0.774. The number of benzene rings is 1. The van der Waals surface area contributed by atoms with Gasteiger partial charge in [-0.1, -0.05) is 37.8 Å². The maximum Gasteiger partial charge on any atom is 0.123 e. The summed E-state index contributed by atoms with van der Waals surface area (Å²) >= 11 is 0. The van der Waals surface area contributed by atoms with Crippen LogP contribution in [0.3, 0.4) is 0 Å². The van der Waals surface area contributed by atoms with Crippen LogP contribution < -0.4 is 5.32 Å². The third-order valence-corrected chi connectivity index (χ3v) is 3.71. The van der Waals surface area contributed by atoms with Crippen LogP contribution in [0.5, 0.6) is 0 Å². The summed E-state index contributed by atoms with van der Waals surface area (Å²) in [4.78, 5) is 0. The van der Waals surface area contributed by atoms with Crippen LogP contribution in [0.25, 0.3) is 0 Å². The summed E-state index contributed by atoms with van der Waals surface area (Å²) in [6, 6.07) is 7.80. The van der Waals surface area contributed by atoms with Crippen molar-refractivity contribution in [3.05, 3.63) is 35.6 Å². The van der Waals surface area contributed by atoms with Crippen LogP contribution in [0.4, 0.5) is 4.39 Å². The number of nitrogens with one attached hydrogen (secondary N) is 1. The van der Waals surface area contributed by atoms with Gasteiger partial charge < -0.3 is 5.32 Å². The highest BCUT2D eigenvalue weighted by Gasteiger charge is 2.15. The van der Waals surface area contributed by atoms with Crippen LogP contribution in [0.1, 0.15) is 57.1 Å². The number of halogens is 1. The summed E-state index contributed by atoms with van der Waals surface area (Å²) in [7, 11) is 0. The van der Waals surface area contributed by atoms with Crippen molar-refractivity contribution in [2.45, 2.75) is 57.5 Å². The van der Waals surface area contributed by atoms with E-state index in [0.717, 1.165) is 0 Å². The topological polar surface area (TPSA) is 12.0 Å². The van der Waals surface area contributed by atoms with E-state index in [2.05, 4.69) is 12.2 Å². The van der Waals surface area contributed by atoms with Crippen LogP contribution >= 0.6 is 0 Å². The second-order valence-electron chi connectivity index (χ2n) is 5.13. The predicted octanol–water partition coefficient (Wildman–Crippen LogP) is 4.20. The molecule has 17 heavy (non-hydrogen) atoms. The highest BCUT2D eigenvalue weighted by molar-refractivity contribution is 5.19. The van der Waals surface area contributed by atoms with Gasteiger partial charge in [0.1, 0.15) is 5.82 Å². The summed E-state index contributed by atoms with van der Waals surface area (Å²) in [5.41, 5.74) is 1.18. The minimum atomic E-state index is -0.157. The fourth-order valence-electron chi connectivity index (χ4n) is 2.65. The van der Waals surface area contributed by atoms with Crippen molar-refractivity contribution in [1.29, 1.82) is 0 Å². The molecule has 1 aromatic carbocycles. The van der Waals surface area contributed by atoms with E-state index in [-0.39, 0.29) is 5.82 Å². The van der Waals surface area contributed by atoms with Crippen molar-refractivity contribution in [2.24, 2.45) is 0 Å². The Morgan fingerprint density at radius 3 is 2.24 bits per heavy atom. The monoisotopic (exact) mass is 235 g/mol. The van der Waals surface area contributed by atoms with Crippen molar-refractivity contribution in [1.82, 2.24) is 5.32 Å². The van der Waals surface area contributed by atoms with Gasteiger partial charge in [-0.2, -0.15) is 0 Å². The van der Waals surface area contributed by atoms with Gasteiger partial charge in [-0.3, -0.25) is 0 Å². The Hall–Kier alpha value is -0.890. The van der Waals surface area contributed by atoms with Gasteiger partial charge in [-0.05, 0) is 37.5 Å². The average Bonchev–Trinajstić information content (AvgIpc) is 2.58. The summed E-state index contributed by atoms with van der Waals surface area (Å²) in [6.07, 6.45) is 8.00. The molecule has 2 heteroatoms. The smallest absolute Gasteiger partial charge is 0.123 e. The Bertz CT molecular complexity index is 325. The lowest BCUT2D eigenvalue weighted by atomic mass is 10.0. The summed E-state index contributed by atoms with van der Waals surface area (Å²) < 4.78 is 12.8. The van der Waals surface area contributed by atoms with Gasteiger partial charge in [0, 0.05) is 12.1 Å². The number of hydrogen-bond acceptors (Lipinski definition) is 1. The van der Waals surface area contributed by atoms with Gasteiger partial charge in [0.25, 0.3) is 0 Å². The van der Waals surface area contributed by atoms with E-state index in [1.165, 1.54) is 44.1 Å². The molecule has 1 aliphatic rings. The second kappa shape index (κ2) is 6.15. The minimum absolute atomic E-state index is 0.157. The predicted molar refractivity (Wildman–Crippen MR) is 69.4 cm³/mol. The molecule has 0 saturated heterocycles. The third-order valence-electron chi connectivity index (χ3n) is 3.71. The van der Waals surface area contributed by atoms with Gasteiger partial charge in [0.05, 0.1) is 0 Å². The molecule has 1 nitrogen and oxygen atoms in total. The van der Waals surface area contributed by atoms with Gasteiger partial charge in [0.2, 0.25) is 0 Å². The Labute approximate surface area is 103 Å². The first kappa shape index (κ1) is 12.6. The zero-order chi connectivity index (χ0) is 12.1. The van der Waals surface area contributed by atoms with E-state index in [1.807, 2.05) is 12.1 Å². The fourth-order valence-corrected chi connectivity index (χ4v) is 2.65. The van der Waals surface area contributed by atoms with E-state index < -0.39 is 0 Å². The molecule has 1 aliphatic carbocycles. The molecule has 0 aliphatic heterocycles. The van der Waals surface area contributed by atoms with Gasteiger partial charge >= 0.3 is 0 Å². The molecule has 2 rings (SSSR count). The standard InChI is InChI=1S/C15H22FN/c1-12(13-8-10-14(16)11-9-13)17-15-6-4-2-3-5-7-15/h8-12,15,17H,2-7H2,1H3. The van der Waals surface area contributed by atoms with Gasteiger partial charge in [-0.25, -0.2) is 4.39 Å². The summed E-state index contributed by atoms with van der Waals surface area (Å²) in [5, 5.41) is 3.67. The van der Waals surface area contributed by atoms with Crippen LogP contribution in [-0.4, -0.2) is 6.04 Å². The molecule has 1 saturated carbocycles. The molecule has 0 aromatic heterocycles. The number of rotatable bonds is 3. The molecule has 1 aromatic rings. The first-order valence-corrected chi connectivity index (χ1v) is 6.77. The lowest BCUT2D eigenvalue weighted by Crippen LogP contribution is -2.31. The summed E-state index contributed by atoms with van der Waals surface area (Å²) in [6.45, 7) is 2.16. The molecular formula is C15H22FN. The zero-order valence-electron chi connectivity index (χ0n) is 10.6. The number of hydrogen-bond donors (Lipinski definition) is 1. The molecule has 1 unspecified atom stereocenters. The lowest BCUT2D eigenvalue weighted by Gasteiger charge is -2.22. The van der Waals surface area contributed by atoms with Gasteiger partial charge in [-0.15, -0.1) is 0 Å². The first-order chi connectivity index (χ1) is 8.25. The van der Waals surface area contributed by atoms with E-state index in [1.54, 1.807) is 12.1 Å². The van der Waals surface area contributed by atoms with Crippen LogP contribution in [0, 0.1) is 5.82 Å². The Balaban J connectivity index is 1.91. The average molecular weight is 235 g/mol. The molecule has 0 bridgehead atoms. The van der Waals surface area contributed by atoms with E-state index in [0.29, 0.717) is 12.1 Å². The molecule has 1 fully saturated rings. The van der Waals surface area contributed by atoms with Crippen LogP contribution in [0.2, 0.25) is 0 Å². The highest BCUT2D eigenvalue weighted by Crippen LogP contribution is 2.21. The molecule has 0 radical (unpaired) electrons. The van der Waals surface area contributed by atoms with E-state index in [4.69, 9.17) is 0 Å². The van der Waals surface area contributed by atoms with E-state index in [9.17, 15) is 4.39 Å². The Morgan fingerprint density at radius 2 is 1.65 bits per heavy atom. The normalized spacial score (nSPS) is 19.9. The molecular weight excluding hydrogens is 213 g/mol. The third kappa shape index (κ3) is 3.81. The van der Waals surface area contributed by atoms with Crippen LogP contribution in [0.15, 0.2) is 24.3 Å². The van der Waals surface area contributed by atoms with Gasteiger partial charge in [0.15, 0.2) is 0 Å². The summed E-state index contributed by atoms with van der Waals surface area (Å²) in [5.74, 6) is -0.157. The van der Waals surface area contributed by atoms with E-state index >= 15 is 0 Å². The van der Waals surface area contributed by atoms with Crippen molar-refractivity contribution < 1.29 is 4.39 Å². The van der Waals surface area contributed by atoms with Crippen LogP contribution in [-0.2, 0) is 0 Å². The van der Waals surface area contributed by atoms with Crippen molar-refractivity contribution in [3.8, 4) is 0 Å². The maximum absolute atomic E-state index is 12.8. The maximum atomic E-state index is 12.8. The Morgan fingerprint density at radius 1 is 1.06 bits per heavy atom. The largest absolute Gasteiger partial charge is 0.307 e. The molecule has 1 atom stereocenters. The lowest BCUT2D eigenvalue weighted by molar-refractivity contribution is 0.414. The SMILES string of the molecule is CC(NC1CCCCCC1)c1ccc(F)cc1. The van der Waals surface area contributed by atoms with Crippen molar-refractivity contribution in [2.75, 3.05) is 0 Å². The molecule has 0 heterocycles. The van der Waals surface area contributed by atoms with Crippen molar-refractivity contribution in [3.63, 3.8) is 0 Å². The highest BCUT2D eigenvalue weighted by atomic mass is 19.1. The van der Waals surface area contributed by atoms with Crippen molar-refractivity contribution >= 4 is 0 Å². The Kier molecular flexibility index (Phi) is 4.55. The first-order valence-electron chi connectivity index (χ1n) is 6.77. The molecule has 94 valence electrons. The fraction of sp³-hybridized carbons (Fsp3) is 0.600. The molecule has 0 spiro atoms. The molecule has 0 amide bonds.